The first-order chi connectivity index (χ1) is 8.65. The monoisotopic (exact) mass is 244 g/mol. The van der Waals surface area contributed by atoms with Crippen LogP contribution >= 0.6 is 0 Å². The number of nitrogens with one attached hydrogen (secondary N) is 1. The number of aryl methyl sites for hydroxylation is 1. The molecule has 0 aliphatic heterocycles. The molecule has 0 saturated heterocycles. The molecular formula is C12H12N4O2. The van der Waals surface area contributed by atoms with Crippen molar-refractivity contribution in [1.29, 1.82) is 0 Å². The number of hydrogen-bond donors (Lipinski definition) is 1. The van der Waals surface area contributed by atoms with Crippen molar-refractivity contribution in [2.45, 2.75) is 13.5 Å². The minimum absolute atomic E-state index is 0.0811. The summed E-state index contributed by atoms with van der Waals surface area (Å²) in [7, 11) is 0. The molecule has 0 aliphatic rings. The minimum atomic E-state index is -0.316. The Morgan fingerprint density at radius 2 is 2.22 bits per heavy atom. The van der Waals surface area contributed by atoms with Crippen molar-refractivity contribution in [2.75, 3.05) is 5.32 Å². The summed E-state index contributed by atoms with van der Waals surface area (Å²) in [5, 5.41) is 2.62. The van der Waals surface area contributed by atoms with Gasteiger partial charge in [0, 0.05) is 18.5 Å². The van der Waals surface area contributed by atoms with E-state index >= 15 is 0 Å². The summed E-state index contributed by atoms with van der Waals surface area (Å²) in [6.07, 6.45) is 4.33. The van der Waals surface area contributed by atoms with E-state index in [-0.39, 0.29) is 18.0 Å². The van der Waals surface area contributed by atoms with Crippen molar-refractivity contribution in [2.24, 2.45) is 0 Å². The molecule has 6 heteroatoms. The minimum Gasteiger partial charge on any atom is -0.309 e. The molecule has 0 saturated carbocycles. The molecule has 2 aromatic heterocycles. The van der Waals surface area contributed by atoms with E-state index in [0.29, 0.717) is 5.82 Å². The van der Waals surface area contributed by atoms with E-state index in [1.807, 2.05) is 13.0 Å². The summed E-state index contributed by atoms with van der Waals surface area (Å²) in [4.78, 5) is 30.9. The Kier molecular flexibility index (Phi) is 3.47. The molecule has 0 aliphatic carbocycles. The molecular weight excluding hydrogens is 232 g/mol. The smallest absolute Gasteiger partial charge is 0.253 e. The maximum Gasteiger partial charge on any atom is 0.253 e. The maximum absolute atomic E-state index is 11.7. The summed E-state index contributed by atoms with van der Waals surface area (Å²) in [6.45, 7) is 1.82. The van der Waals surface area contributed by atoms with E-state index in [0.717, 1.165) is 5.56 Å². The average Bonchev–Trinajstić information content (AvgIpc) is 2.32. The average molecular weight is 244 g/mol. The van der Waals surface area contributed by atoms with Gasteiger partial charge in [0.1, 0.15) is 12.4 Å². The highest BCUT2D eigenvalue weighted by Crippen LogP contribution is 2.04. The van der Waals surface area contributed by atoms with Crippen LogP contribution in [0, 0.1) is 6.92 Å². The fraction of sp³-hybridized carbons (Fsp3) is 0.167. The predicted molar refractivity (Wildman–Crippen MR) is 66.1 cm³/mol. The first kappa shape index (κ1) is 12.0. The summed E-state index contributed by atoms with van der Waals surface area (Å²) < 4.78 is 1.23. The molecule has 0 bridgehead atoms. The second-order valence-corrected chi connectivity index (χ2v) is 3.81. The van der Waals surface area contributed by atoms with Gasteiger partial charge in [0.25, 0.3) is 5.56 Å². The Balaban J connectivity index is 2.06. The fourth-order valence-corrected chi connectivity index (χ4v) is 1.44. The van der Waals surface area contributed by atoms with Crippen molar-refractivity contribution in [3.8, 4) is 0 Å². The third kappa shape index (κ3) is 3.00. The first-order valence-corrected chi connectivity index (χ1v) is 5.38. The molecule has 2 aromatic rings. The second-order valence-electron chi connectivity index (χ2n) is 3.81. The van der Waals surface area contributed by atoms with Crippen molar-refractivity contribution >= 4 is 11.7 Å². The van der Waals surface area contributed by atoms with Gasteiger partial charge < -0.3 is 5.32 Å². The van der Waals surface area contributed by atoms with Crippen LogP contribution in [0.1, 0.15) is 5.56 Å². The first-order valence-electron chi connectivity index (χ1n) is 5.38. The molecule has 1 amide bonds. The molecule has 0 radical (unpaired) electrons. The summed E-state index contributed by atoms with van der Waals surface area (Å²) >= 11 is 0. The second kappa shape index (κ2) is 5.22. The van der Waals surface area contributed by atoms with Crippen LogP contribution in [0.4, 0.5) is 5.82 Å². The van der Waals surface area contributed by atoms with Crippen LogP contribution < -0.4 is 10.9 Å². The zero-order chi connectivity index (χ0) is 13.0. The third-order valence-corrected chi connectivity index (χ3v) is 2.29. The molecule has 0 spiro atoms. The van der Waals surface area contributed by atoms with Crippen molar-refractivity contribution < 1.29 is 4.79 Å². The van der Waals surface area contributed by atoms with Gasteiger partial charge in [-0.2, -0.15) is 0 Å². The number of nitrogens with zero attached hydrogens (tertiary/aromatic N) is 3. The molecule has 1 N–H and O–H groups in total. The molecule has 0 fully saturated rings. The molecule has 0 atom stereocenters. The quantitative estimate of drug-likeness (QED) is 0.857. The van der Waals surface area contributed by atoms with Crippen molar-refractivity contribution in [3.05, 3.63) is 52.8 Å². The number of rotatable bonds is 3. The van der Waals surface area contributed by atoms with Crippen LogP contribution in [0.2, 0.25) is 0 Å². The summed E-state index contributed by atoms with van der Waals surface area (Å²) in [5.41, 5.74) is 0.733. The Morgan fingerprint density at radius 1 is 1.39 bits per heavy atom. The number of pyridine rings is 1. The lowest BCUT2D eigenvalue weighted by atomic mass is 10.3. The number of amides is 1. The van der Waals surface area contributed by atoms with Gasteiger partial charge in [-0.3, -0.25) is 14.2 Å². The van der Waals surface area contributed by atoms with Crippen molar-refractivity contribution in [3.63, 3.8) is 0 Å². The van der Waals surface area contributed by atoms with Crippen LogP contribution in [-0.2, 0) is 11.3 Å². The maximum atomic E-state index is 11.7. The van der Waals surface area contributed by atoms with Crippen LogP contribution in [-0.4, -0.2) is 20.4 Å². The number of carbonyl (C=O) groups is 1. The highest BCUT2D eigenvalue weighted by atomic mass is 16.2. The largest absolute Gasteiger partial charge is 0.309 e. The van der Waals surface area contributed by atoms with E-state index in [2.05, 4.69) is 15.3 Å². The van der Waals surface area contributed by atoms with Gasteiger partial charge in [-0.15, -0.1) is 0 Å². The topological polar surface area (TPSA) is 76.9 Å². The van der Waals surface area contributed by atoms with Crippen LogP contribution in [0.15, 0.2) is 41.7 Å². The van der Waals surface area contributed by atoms with E-state index < -0.39 is 0 Å². The molecule has 0 aromatic carbocycles. The normalized spacial score (nSPS) is 10.1. The van der Waals surface area contributed by atoms with Crippen LogP contribution in [0.5, 0.6) is 0 Å². The van der Waals surface area contributed by atoms with Gasteiger partial charge >= 0.3 is 0 Å². The van der Waals surface area contributed by atoms with Crippen LogP contribution in [0.3, 0.4) is 0 Å². The number of anilines is 1. The lowest BCUT2D eigenvalue weighted by Gasteiger charge is -2.06. The SMILES string of the molecule is Cc1ccnc(NC(=O)Cn2cnccc2=O)c1. The highest BCUT2D eigenvalue weighted by Gasteiger charge is 2.05. The summed E-state index contributed by atoms with van der Waals surface area (Å²) in [5.74, 6) is 0.153. The van der Waals surface area contributed by atoms with E-state index in [9.17, 15) is 9.59 Å². The lowest BCUT2D eigenvalue weighted by molar-refractivity contribution is -0.116. The standard InChI is InChI=1S/C12H12N4O2/c1-9-2-5-14-10(6-9)15-11(17)7-16-8-13-4-3-12(16)18/h2-6,8H,7H2,1H3,(H,14,15,17). The number of aromatic nitrogens is 3. The third-order valence-electron chi connectivity index (χ3n) is 2.29. The zero-order valence-electron chi connectivity index (χ0n) is 9.83. The van der Waals surface area contributed by atoms with Crippen LogP contribution in [0.25, 0.3) is 0 Å². The summed E-state index contributed by atoms with van der Waals surface area (Å²) in [6, 6.07) is 4.89. The lowest BCUT2D eigenvalue weighted by Crippen LogP contribution is -2.27. The van der Waals surface area contributed by atoms with E-state index in [1.54, 1.807) is 12.3 Å². The van der Waals surface area contributed by atoms with Gasteiger partial charge in [-0.1, -0.05) is 0 Å². The Bertz CT molecular complexity index is 621. The molecule has 18 heavy (non-hydrogen) atoms. The van der Waals surface area contributed by atoms with Crippen molar-refractivity contribution in [1.82, 2.24) is 14.5 Å². The molecule has 6 nitrogen and oxygen atoms in total. The number of hydrogen-bond acceptors (Lipinski definition) is 4. The van der Waals surface area contributed by atoms with Gasteiger partial charge in [-0.25, -0.2) is 9.97 Å². The molecule has 92 valence electrons. The fourth-order valence-electron chi connectivity index (χ4n) is 1.44. The van der Waals surface area contributed by atoms with Gasteiger partial charge in [0.15, 0.2) is 0 Å². The predicted octanol–water partition coefficient (Wildman–Crippen LogP) is 0.585. The Hall–Kier alpha value is -2.50. The molecule has 2 heterocycles. The number of carbonyl (C=O) groups excluding carboxylic acids is 1. The Labute approximate surface area is 103 Å². The highest BCUT2D eigenvalue weighted by molar-refractivity contribution is 5.89. The molecule has 2 rings (SSSR count). The van der Waals surface area contributed by atoms with Gasteiger partial charge in [-0.05, 0) is 24.6 Å². The van der Waals surface area contributed by atoms with Gasteiger partial charge in [0.2, 0.25) is 5.91 Å². The van der Waals surface area contributed by atoms with E-state index in [1.165, 1.54) is 23.2 Å². The Morgan fingerprint density at radius 3 is 2.94 bits per heavy atom. The van der Waals surface area contributed by atoms with E-state index in [4.69, 9.17) is 0 Å². The molecule has 0 unspecified atom stereocenters. The van der Waals surface area contributed by atoms with Gasteiger partial charge in [0.05, 0.1) is 6.33 Å². The zero-order valence-corrected chi connectivity index (χ0v) is 9.83.